The van der Waals surface area contributed by atoms with Crippen LogP contribution in [0.4, 0.5) is 0 Å². The molecule has 0 radical (unpaired) electrons. The number of esters is 1. The first-order valence-corrected chi connectivity index (χ1v) is 8.19. The molecule has 0 bridgehead atoms. The molecule has 0 saturated carbocycles. The summed E-state index contributed by atoms with van der Waals surface area (Å²) >= 11 is 0. The van der Waals surface area contributed by atoms with E-state index in [1.807, 2.05) is 0 Å². The van der Waals surface area contributed by atoms with Crippen LogP contribution in [0.1, 0.15) is 12.0 Å². The Balaban J connectivity index is 2.21. The minimum Gasteiger partial charge on any atom is -0.477 e. The van der Waals surface area contributed by atoms with Crippen molar-refractivity contribution >= 4 is 11.9 Å². The number of carboxylic acids is 1. The Kier molecular flexibility index (Phi) is 6.87. The van der Waals surface area contributed by atoms with Gasteiger partial charge in [-0.05, 0) is 5.56 Å². The summed E-state index contributed by atoms with van der Waals surface area (Å²) in [7, 11) is 0. The van der Waals surface area contributed by atoms with Crippen molar-refractivity contribution in [1.29, 1.82) is 0 Å². The zero-order valence-electron chi connectivity index (χ0n) is 14.2. The number of carboxylic acid groups (broad SMARTS) is 1. The molecule has 150 valence electrons. The first-order valence-electron chi connectivity index (χ1n) is 8.19. The number of benzene rings is 1. The van der Waals surface area contributed by atoms with Crippen LogP contribution in [0, 0.1) is 5.92 Å². The summed E-state index contributed by atoms with van der Waals surface area (Å²) in [6.07, 6.45) is -8.20. The molecular weight excluding hydrogens is 364 g/mol. The van der Waals surface area contributed by atoms with E-state index >= 15 is 0 Å². The Bertz CT molecular complexity index is 650. The third-order valence-electron chi connectivity index (χ3n) is 4.33. The quantitative estimate of drug-likeness (QED) is 0.287. The van der Waals surface area contributed by atoms with Crippen molar-refractivity contribution in [1.82, 2.24) is 0 Å². The highest BCUT2D eigenvalue weighted by molar-refractivity contribution is 5.78. The fourth-order valence-corrected chi connectivity index (χ4v) is 2.84. The van der Waals surface area contributed by atoms with Crippen molar-refractivity contribution in [2.45, 2.75) is 43.2 Å². The molecular formula is C17H22O10. The van der Waals surface area contributed by atoms with E-state index in [2.05, 4.69) is 0 Å². The zero-order chi connectivity index (χ0) is 20.2. The molecule has 6 unspecified atom stereocenters. The van der Waals surface area contributed by atoms with Crippen LogP contribution in [-0.2, 0) is 25.7 Å². The Hall–Kier alpha value is -2.08. The molecule has 0 aliphatic carbocycles. The van der Waals surface area contributed by atoms with Gasteiger partial charge in [-0.1, -0.05) is 30.3 Å². The van der Waals surface area contributed by atoms with E-state index in [1.54, 1.807) is 30.3 Å². The second-order valence-electron chi connectivity index (χ2n) is 6.30. The molecule has 1 aromatic rings. The van der Waals surface area contributed by atoms with Crippen molar-refractivity contribution < 1.29 is 49.7 Å². The summed E-state index contributed by atoms with van der Waals surface area (Å²) in [6.45, 7) is -1.08. The maximum absolute atomic E-state index is 12.4. The molecule has 1 aliphatic rings. The lowest BCUT2D eigenvalue weighted by Crippen LogP contribution is -2.62. The Labute approximate surface area is 154 Å². The third kappa shape index (κ3) is 4.80. The van der Waals surface area contributed by atoms with Crippen molar-refractivity contribution in [2.24, 2.45) is 5.92 Å². The smallest absolute Gasteiger partial charge is 0.364 e. The zero-order valence-corrected chi connectivity index (χ0v) is 14.2. The van der Waals surface area contributed by atoms with Crippen molar-refractivity contribution in [3.63, 3.8) is 0 Å². The summed E-state index contributed by atoms with van der Waals surface area (Å²) in [5, 5.41) is 58.1. The van der Waals surface area contributed by atoms with E-state index < -0.39 is 61.1 Å². The highest BCUT2D eigenvalue weighted by atomic mass is 16.7. The number of hydrogen-bond donors (Lipinski definition) is 6. The molecule has 1 heterocycles. The normalized spacial score (nSPS) is 30.3. The predicted molar refractivity (Wildman–Crippen MR) is 86.9 cm³/mol. The molecule has 10 nitrogen and oxygen atoms in total. The number of aliphatic hydroxyl groups excluding tert-OH is 4. The number of aliphatic carboxylic acids is 1. The van der Waals surface area contributed by atoms with Crippen LogP contribution >= 0.6 is 0 Å². The first kappa shape index (κ1) is 21.2. The number of hydrogen-bond acceptors (Lipinski definition) is 9. The first-order chi connectivity index (χ1) is 12.7. The van der Waals surface area contributed by atoms with E-state index in [-0.39, 0.29) is 6.61 Å². The van der Waals surface area contributed by atoms with Gasteiger partial charge in [-0.25, -0.2) is 4.79 Å². The van der Waals surface area contributed by atoms with Gasteiger partial charge < -0.3 is 40.1 Å². The summed E-state index contributed by atoms with van der Waals surface area (Å²) < 4.78 is 10.0. The van der Waals surface area contributed by atoms with E-state index in [9.17, 15) is 30.0 Å². The van der Waals surface area contributed by atoms with Crippen molar-refractivity contribution in [3.05, 3.63) is 35.9 Å². The van der Waals surface area contributed by atoms with Gasteiger partial charge in [0.2, 0.25) is 0 Å². The predicted octanol–water partition coefficient (Wildman–Crippen LogP) is -2.02. The van der Waals surface area contributed by atoms with Crippen LogP contribution in [0.2, 0.25) is 0 Å². The van der Waals surface area contributed by atoms with E-state index in [4.69, 9.17) is 19.7 Å². The van der Waals surface area contributed by atoms with Crippen LogP contribution in [0.5, 0.6) is 0 Å². The molecule has 0 aromatic heterocycles. The van der Waals surface area contributed by atoms with Gasteiger partial charge in [-0.3, -0.25) is 4.79 Å². The van der Waals surface area contributed by atoms with Crippen molar-refractivity contribution in [3.8, 4) is 0 Å². The average Bonchev–Trinajstić information content (AvgIpc) is 2.65. The Morgan fingerprint density at radius 1 is 1.26 bits per heavy atom. The summed E-state index contributed by atoms with van der Waals surface area (Å²) in [5.41, 5.74) is 0.645. The molecule has 0 spiro atoms. The summed E-state index contributed by atoms with van der Waals surface area (Å²) in [4.78, 5) is 23.7. The van der Waals surface area contributed by atoms with Gasteiger partial charge in [-0.2, -0.15) is 0 Å². The fraction of sp³-hybridized carbons (Fsp3) is 0.529. The molecule has 10 heteroatoms. The standard InChI is InChI=1S/C17H22O10/c18-7-11(20)13(21)14-12(10(19)6-17(25,27-14)16(23)24)15(22)26-8-9-4-2-1-3-5-9/h1-5,10-14,18-21,25H,6-8H2,(H,23,24). The van der Waals surface area contributed by atoms with Gasteiger partial charge >= 0.3 is 11.9 Å². The topological polar surface area (TPSA) is 174 Å². The maximum atomic E-state index is 12.4. The molecule has 0 amide bonds. The molecule has 2 rings (SSSR count). The summed E-state index contributed by atoms with van der Waals surface area (Å²) in [6, 6.07) is 8.58. The number of carbonyl (C=O) groups excluding carboxylic acids is 1. The maximum Gasteiger partial charge on any atom is 0.364 e. The van der Waals surface area contributed by atoms with Crippen molar-refractivity contribution in [2.75, 3.05) is 6.61 Å². The molecule has 6 N–H and O–H groups in total. The SMILES string of the molecule is O=C(OCc1ccccc1)C1C(O)CC(O)(C(=O)O)OC1C(O)C(O)CO. The van der Waals surface area contributed by atoms with Gasteiger partial charge in [0.25, 0.3) is 5.79 Å². The molecule has 1 saturated heterocycles. The van der Waals surface area contributed by atoms with Crippen LogP contribution in [0.3, 0.4) is 0 Å². The lowest BCUT2D eigenvalue weighted by Gasteiger charge is -2.43. The van der Waals surface area contributed by atoms with E-state index in [0.717, 1.165) is 0 Å². The third-order valence-corrected chi connectivity index (χ3v) is 4.33. The van der Waals surface area contributed by atoms with Gasteiger partial charge in [0, 0.05) is 6.42 Å². The van der Waals surface area contributed by atoms with Crippen LogP contribution < -0.4 is 0 Å². The number of carbonyl (C=O) groups is 2. The molecule has 6 atom stereocenters. The number of ether oxygens (including phenoxy) is 2. The number of aliphatic hydroxyl groups is 5. The molecule has 1 aliphatic heterocycles. The second kappa shape index (κ2) is 8.74. The van der Waals surface area contributed by atoms with Crippen LogP contribution in [0.25, 0.3) is 0 Å². The fourth-order valence-electron chi connectivity index (χ4n) is 2.84. The second-order valence-corrected chi connectivity index (χ2v) is 6.30. The summed E-state index contributed by atoms with van der Waals surface area (Å²) in [5.74, 6) is -7.33. The highest BCUT2D eigenvalue weighted by Gasteiger charge is 2.56. The average molecular weight is 386 g/mol. The van der Waals surface area contributed by atoms with Crippen LogP contribution in [0.15, 0.2) is 30.3 Å². The van der Waals surface area contributed by atoms with Gasteiger partial charge in [0.05, 0.1) is 12.7 Å². The minimum atomic E-state index is -2.88. The molecule has 1 aromatic carbocycles. The van der Waals surface area contributed by atoms with E-state index in [0.29, 0.717) is 5.56 Å². The lowest BCUT2D eigenvalue weighted by atomic mass is 9.83. The van der Waals surface area contributed by atoms with Gasteiger partial charge in [-0.15, -0.1) is 0 Å². The van der Waals surface area contributed by atoms with Gasteiger partial charge in [0.1, 0.15) is 30.8 Å². The van der Waals surface area contributed by atoms with Crippen LogP contribution in [-0.4, -0.2) is 79.4 Å². The van der Waals surface area contributed by atoms with Gasteiger partial charge in [0.15, 0.2) is 0 Å². The largest absolute Gasteiger partial charge is 0.477 e. The highest BCUT2D eigenvalue weighted by Crippen LogP contribution is 2.35. The Morgan fingerprint density at radius 2 is 1.89 bits per heavy atom. The van der Waals surface area contributed by atoms with E-state index in [1.165, 1.54) is 0 Å². The monoisotopic (exact) mass is 386 g/mol. The molecule has 1 fully saturated rings. The minimum absolute atomic E-state index is 0.155. The lowest BCUT2D eigenvalue weighted by molar-refractivity contribution is -0.302. The number of rotatable bonds is 7. The molecule has 27 heavy (non-hydrogen) atoms. The Morgan fingerprint density at radius 3 is 2.44 bits per heavy atom.